The van der Waals surface area contributed by atoms with Crippen LogP contribution in [0.3, 0.4) is 0 Å². The second-order valence-electron chi connectivity index (χ2n) is 26.2. The number of aromatic nitrogens is 1. The summed E-state index contributed by atoms with van der Waals surface area (Å²) in [6, 6.07) is 26.8. The maximum absolute atomic E-state index is 13.1. The fourth-order valence-electron chi connectivity index (χ4n) is 17.8. The third-order valence-corrected chi connectivity index (χ3v) is 21.9. The van der Waals surface area contributed by atoms with E-state index in [-0.39, 0.29) is 12.0 Å². The number of piperidine rings is 3. The summed E-state index contributed by atoms with van der Waals surface area (Å²) in [5.74, 6) is 9.61. The van der Waals surface area contributed by atoms with Crippen molar-refractivity contribution < 1.29 is 27.4 Å². The van der Waals surface area contributed by atoms with Crippen LogP contribution in [0, 0.1) is 42.4 Å². The monoisotopic (exact) mass is 1070 g/mol. The molecule has 422 valence electrons. The molecule has 0 N–H and O–H groups in total. The molecular weight excluding hydrogens is 978 g/mol. The smallest absolute Gasteiger partial charge is 0.416 e. The number of methoxy groups -OCH3 is 1. The largest absolute Gasteiger partial charge is 0.496 e. The number of alkyl halides is 3. The van der Waals surface area contributed by atoms with Gasteiger partial charge in [0, 0.05) is 42.7 Å². The molecule has 4 saturated heterocycles. The van der Waals surface area contributed by atoms with Crippen molar-refractivity contribution in [3.63, 3.8) is 0 Å². The molecule has 2 unspecified atom stereocenters. The molecule has 3 aromatic carbocycles. The van der Waals surface area contributed by atoms with E-state index in [1.165, 1.54) is 170 Å². The van der Waals surface area contributed by atoms with Crippen LogP contribution in [0.25, 0.3) is 11.1 Å². The van der Waals surface area contributed by atoms with E-state index in [2.05, 4.69) is 68.2 Å². The van der Waals surface area contributed by atoms with Crippen LogP contribution in [0.2, 0.25) is 0 Å². The lowest BCUT2D eigenvalue weighted by Crippen LogP contribution is -2.43. The zero-order valence-corrected chi connectivity index (χ0v) is 47.2. The van der Waals surface area contributed by atoms with Crippen molar-refractivity contribution in [1.82, 2.24) is 19.7 Å². The highest BCUT2D eigenvalue weighted by Gasteiger charge is 2.46. The summed E-state index contributed by atoms with van der Waals surface area (Å²) < 4.78 is 57.3. The van der Waals surface area contributed by atoms with Crippen molar-refractivity contribution in [2.24, 2.45) is 35.5 Å². The molecule has 0 spiro atoms. The Bertz CT molecular complexity index is 2560. The normalized spacial score (nSPS) is 31.7. The number of fused-ring (bicyclic) bond motifs is 6. The molecule has 0 radical (unpaired) electrons. The Hall–Kier alpha value is -3.96. The number of hydrogen-bond donors (Lipinski definition) is 0. The molecule has 14 rings (SSSR count). The van der Waals surface area contributed by atoms with E-state index in [0.717, 1.165) is 110 Å². The fourth-order valence-corrected chi connectivity index (χ4v) is 17.8. The van der Waals surface area contributed by atoms with Crippen LogP contribution in [0.4, 0.5) is 13.2 Å². The highest BCUT2D eigenvalue weighted by molar-refractivity contribution is 5.65. The van der Waals surface area contributed by atoms with Crippen molar-refractivity contribution in [3.8, 4) is 22.6 Å². The number of rotatable bonds is 11. The van der Waals surface area contributed by atoms with Crippen molar-refractivity contribution in [2.45, 2.75) is 190 Å². The van der Waals surface area contributed by atoms with Gasteiger partial charge in [0.05, 0.1) is 18.8 Å². The molecule has 10 atom stereocenters. The lowest BCUT2D eigenvalue weighted by atomic mass is 9.83. The highest BCUT2D eigenvalue weighted by atomic mass is 19.4. The van der Waals surface area contributed by atoms with E-state index in [1.54, 1.807) is 20.1 Å². The topological polar surface area (TPSA) is 50.3 Å². The summed E-state index contributed by atoms with van der Waals surface area (Å²) in [5, 5.41) is 0. The molecule has 4 aliphatic heterocycles. The summed E-state index contributed by atoms with van der Waals surface area (Å²) in [5.41, 5.74) is 6.12. The van der Waals surface area contributed by atoms with Gasteiger partial charge in [0.25, 0.3) is 0 Å². The van der Waals surface area contributed by atoms with Crippen LogP contribution in [0.5, 0.6) is 11.5 Å². The SMILES string of the molecule is COc1ccc(-c2cccnc2)cc1C1CCN([C@H]2C[C@H]3CC[C@H]2C3)CC1.Cc1c(C2CCN(C3C[C@H]4CC[C@H]3C4)CC2)cccc1C(F)(F)F.c1ccc(C2CCN([C@H]3C[C@H]4CC[C@H]3C4)CC2)c(OCC2CCCCO2)c1. The predicted molar refractivity (Wildman–Crippen MR) is 306 cm³/mol. The summed E-state index contributed by atoms with van der Waals surface area (Å²) in [7, 11) is 1.80. The quantitative estimate of drug-likeness (QED) is 0.148. The molecule has 0 amide bonds. The second kappa shape index (κ2) is 24.6. The minimum atomic E-state index is -4.25. The minimum absolute atomic E-state index is 0.280. The number of para-hydroxylation sites is 1. The maximum atomic E-state index is 13.1. The van der Waals surface area contributed by atoms with Crippen molar-refractivity contribution in [3.05, 3.63) is 113 Å². The van der Waals surface area contributed by atoms with E-state index in [4.69, 9.17) is 14.2 Å². The third kappa shape index (κ3) is 12.3. The summed E-state index contributed by atoms with van der Waals surface area (Å²) >= 11 is 0. The number of ether oxygens (including phenoxy) is 3. The minimum Gasteiger partial charge on any atom is -0.496 e. The standard InChI is InChI=1S/C24H30N2O.C24H35NO2.C20H26F3N/c1-27-24-7-6-19(21-3-2-10-25-16-21)15-22(24)18-8-11-26(12-9-18)23-14-17-4-5-20(23)13-17;1-2-7-24(27-17-21-5-3-4-14-26-21)22(6-1)19-10-12-25(13-11-19)23-16-18-8-9-20(23)15-18;1-13-17(3-2-4-18(13)20(21,22)23)15-7-9-24(10-8-15)19-12-14-5-6-16(19)11-14/h2-3,6-7,10,15-18,20,23H,4-5,8-9,11-14H2,1H3;1-2,6-7,18-21,23H,3-5,8-17H2;2-4,14-16,19H,5-12H2,1H3/t17-,20-,23-;18-,20-,21?,23-;14-,16-,19?/m000/s1. The highest BCUT2D eigenvalue weighted by Crippen LogP contribution is 2.51. The Labute approximate surface area is 465 Å². The van der Waals surface area contributed by atoms with Gasteiger partial charge in [-0.25, -0.2) is 0 Å². The van der Waals surface area contributed by atoms with Crippen molar-refractivity contribution in [2.75, 3.05) is 59.6 Å². The molecule has 10 fully saturated rings. The molecule has 10 aliphatic rings. The molecule has 10 heteroatoms. The molecule has 6 bridgehead atoms. The molecule has 6 saturated carbocycles. The number of halogens is 3. The molecule has 6 aliphatic carbocycles. The van der Waals surface area contributed by atoms with Gasteiger partial charge in [-0.3, -0.25) is 4.98 Å². The molecular formula is C68H91F3N4O3. The first kappa shape index (κ1) is 54.6. The van der Waals surface area contributed by atoms with Gasteiger partial charge in [-0.15, -0.1) is 0 Å². The fraction of sp³-hybridized carbons (Fsp3) is 0.662. The Balaban J connectivity index is 0.000000117. The average Bonchev–Trinajstić information content (AvgIpc) is 4.40. The van der Waals surface area contributed by atoms with E-state index in [0.29, 0.717) is 24.0 Å². The van der Waals surface area contributed by atoms with Crippen LogP contribution in [-0.4, -0.2) is 104 Å². The molecule has 7 nitrogen and oxygen atoms in total. The Morgan fingerprint density at radius 3 is 1.58 bits per heavy atom. The van der Waals surface area contributed by atoms with E-state index >= 15 is 0 Å². The Morgan fingerprint density at radius 2 is 1.09 bits per heavy atom. The number of nitrogens with zero attached hydrogens (tertiary/aromatic N) is 4. The predicted octanol–water partition coefficient (Wildman–Crippen LogP) is 15.5. The van der Waals surface area contributed by atoms with E-state index in [1.807, 2.05) is 24.5 Å². The van der Waals surface area contributed by atoms with Gasteiger partial charge in [0.1, 0.15) is 18.1 Å². The number of likely N-dealkylation sites (tertiary alicyclic amines) is 3. The molecule has 78 heavy (non-hydrogen) atoms. The Morgan fingerprint density at radius 1 is 0.538 bits per heavy atom. The van der Waals surface area contributed by atoms with Gasteiger partial charge in [-0.1, -0.05) is 61.7 Å². The van der Waals surface area contributed by atoms with Gasteiger partial charge in [-0.05, 0) is 273 Å². The lowest BCUT2D eigenvalue weighted by molar-refractivity contribution is -0.138. The Kier molecular flexibility index (Phi) is 17.3. The van der Waals surface area contributed by atoms with Gasteiger partial charge < -0.3 is 28.9 Å². The first-order chi connectivity index (χ1) is 38.1. The molecule has 4 aromatic rings. The number of pyridine rings is 1. The van der Waals surface area contributed by atoms with Gasteiger partial charge in [0.15, 0.2) is 0 Å². The zero-order chi connectivity index (χ0) is 53.2. The first-order valence-corrected chi connectivity index (χ1v) is 31.4. The van der Waals surface area contributed by atoms with Crippen LogP contribution < -0.4 is 9.47 Å². The van der Waals surface area contributed by atoms with Crippen molar-refractivity contribution in [1.29, 1.82) is 0 Å². The van der Waals surface area contributed by atoms with Gasteiger partial charge in [0.2, 0.25) is 0 Å². The van der Waals surface area contributed by atoms with Gasteiger partial charge in [-0.2, -0.15) is 13.2 Å². The number of hydrogen-bond acceptors (Lipinski definition) is 7. The van der Waals surface area contributed by atoms with Crippen LogP contribution in [0.1, 0.15) is 180 Å². The molecule has 5 heterocycles. The summed E-state index contributed by atoms with van der Waals surface area (Å²) in [6.07, 6.45) is 28.0. The average molecular weight is 1070 g/mol. The van der Waals surface area contributed by atoms with Crippen LogP contribution in [0.15, 0.2) is 85.2 Å². The van der Waals surface area contributed by atoms with E-state index < -0.39 is 11.7 Å². The summed E-state index contributed by atoms with van der Waals surface area (Å²) in [4.78, 5) is 12.6. The maximum Gasteiger partial charge on any atom is 0.416 e. The van der Waals surface area contributed by atoms with Crippen molar-refractivity contribution >= 4 is 0 Å². The summed E-state index contributed by atoms with van der Waals surface area (Å²) in [6.45, 7) is 10.4. The number of benzene rings is 3. The lowest BCUT2D eigenvalue weighted by Gasteiger charge is -2.40. The zero-order valence-electron chi connectivity index (χ0n) is 47.2. The van der Waals surface area contributed by atoms with Gasteiger partial charge >= 0.3 is 6.18 Å². The first-order valence-electron chi connectivity index (χ1n) is 31.4. The van der Waals surface area contributed by atoms with Crippen LogP contribution in [-0.2, 0) is 10.9 Å². The van der Waals surface area contributed by atoms with Crippen LogP contribution >= 0.6 is 0 Å². The van der Waals surface area contributed by atoms with E-state index in [9.17, 15) is 13.2 Å². The third-order valence-electron chi connectivity index (χ3n) is 21.9. The molecule has 1 aromatic heterocycles. The second-order valence-corrected chi connectivity index (χ2v) is 26.2.